The van der Waals surface area contributed by atoms with Gasteiger partial charge in [0.2, 0.25) is 5.82 Å². The molecule has 0 atom stereocenters. The molecule has 29 heavy (non-hydrogen) atoms. The minimum atomic E-state index is 0.523. The van der Waals surface area contributed by atoms with Crippen molar-refractivity contribution < 1.29 is 4.52 Å². The van der Waals surface area contributed by atoms with Gasteiger partial charge in [0.1, 0.15) is 4.88 Å². The third-order valence-electron chi connectivity index (χ3n) is 5.51. The summed E-state index contributed by atoms with van der Waals surface area (Å²) in [6.45, 7) is 8.42. The average molecular weight is 409 g/mol. The predicted molar refractivity (Wildman–Crippen MR) is 114 cm³/mol. The monoisotopic (exact) mass is 408 g/mol. The summed E-state index contributed by atoms with van der Waals surface area (Å²) in [5.41, 5.74) is 3.93. The molecular formula is C21H24N6OS. The van der Waals surface area contributed by atoms with E-state index in [0.29, 0.717) is 11.7 Å². The Morgan fingerprint density at radius 3 is 2.72 bits per heavy atom. The molecule has 1 fully saturated rings. The second-order valence-corrected chi connectivity index (χ2v) is 8.82. The van der Waals surface area contributed by atoms with E-state index in [1.54, 1.807) is 11.3 Å². The van der Waals surface area contributed by atoms with E-state index in [9.17, 15) is 0 Å². The maximum atomic E-state index is 5.50. The van der Waals surface area contributed by atoms with Crippen molar-refractivity contribution in [1.82, 2.24) is 29.6 Å². The van der Waals surface area contributed by atoms with Crippen molar-refractivity contribution in [2.45, 2.75) is 39.7 Å². The minimum Gasteiger partial charge on any atom is -0.333 e. The highest BCUT2D eigenvalue weighted by atomic mass is 32.1. The second-order valence-electron chi connectivity index (χ2n) is 7.61. The Morgan fingerprint density at radius 2 is 1.93 bits per heavy atom. The van der Waals surface area contributed by atoms with Crippen molar-refractivity contribution in [1.29, 1.82) is 0 Å². The summed E-state index contributed by atoms with van der Waals surface area (Å²) >= 11 is 1.57. The zero-order valence-electron chi connectivity index (χ0n) is 16.8. The first-order valence-corrected chi connectivity index (χ1v) is 10.9. The van der Waals surface area contributed by atoms with Gasteiger partial charge < -0.3 is 14.0 Å². The molecule has 0 spiro atoms. The highest BCUT2D eigenvalue weighted by Gasteiger charge is 2.17. The van der Waals surface area contributed by atoms with Crippen LogP contribution in [0.5, 0.6) is 0 Å². The first kappa shape index (κ1) is 18.4. The molecule has 1 aliphatic rings. The van der Waals surface area contributed by atoms with Crippen LogP contribution in [0.2, 0.25) is 0 Å². The maximum absolute atomic E-state index is 5.50. The highest BCUT2D eigenvalue weighted by molar-refractivity contribution is 7.15. The number of imidazole rings is 1. The normalized spacial score (nSPS) is 15.4. The molecule has 150 valence electrons. The van der Waals surface area contributed by atoms with Crippen LogP contribution in [0.3, 0.4) is 0 Å². The summed E-state index contributed by atoms with van der Waals surface area (Å²) in [6.07, 6.45) is 5.94. The lowest BCUT2D eigenvalue weighted by atomic mass is 10.1. The third-order valence-corrected chi connectivity index (χ3v) is 6.57. The van der Waals surface area contributed by atoms with Crippen LogP contribution in [0.15, 0.2) is 29.0 Å². The molecule has 0 saturated carbocycles. The van der Waals surface area contributed by atoms with Crippen LogP contribution >= 0.6 is 11.3 Å². The van der Waals surface area contributed by atoms with Gasteiger partial charge in [-0.25, -0.2) is 9.97 Å². The van der Waals surface area contributed by atoms with Gasteiger partial charge in [0.25, 0.3) is 5.89 Å². The molecule has 0 amide bonds. The van der Waals surface area contributed by atoms with Crippen LogP contribution in [0.25, 0.3) is 33.2 Å². The van der Waals surface area contributed by atoms with Crippen molar-refractivity contribution in [2.24, 2.45) is 0 Å². The fourth-order valence-electron chi connectivity index (χ4n) is 3.98. The van der Waals surface area contributed by atoms with Gasteiger partial charge in [0, 0.05) is 18.7 Å². The van der Waals surface area contributed by atoms with Crippen LogP contribution in [-0.4, -0.2) is 49.2 Å². The molecule has 5 rings (SSSR count). The quantitative estimate of drug-likeness (QED) is 0.490. The lowest BCUT2D eigenvalue weighted by molar-refractivity contribution is 0.221. The molecule has 0 radical (unpaired) electrons. The number of aryl methyl sites for hydroxylation is 2. The first-order chi connectivity index (χ1) is 14.2. The van der Waals surface area contributed by atoms with E-state index >= 15 is 0 Å². The number of likely N-dealkylation sites (tertiary alicyclic amines) is 1. The largest absolute Gasteiger partial charge is 0.333 e. The number of aromatic nitrogens is 5. The second kappa shape index (κ2) is 7.68. The number of benzene rings is 1. The Morgan fingerprint density at radius 1 is 1.07 bits per heavy atom. The van der Waals surface area contributed by atoms with Crippen LogP contribution in [0, 0.1) is 13.8 Å². The maximum Gasteiger partial charge on any atom is 0.270 e. The number of thiazole rings is 1. The number of hydrogen-bond acceptors (Lipinski definition) is 7. The molecule has 0 N–H and O–H groups in total. The van der Waals surface area contributed by atoms with Crippen LogP contribution < -0.4 is 0 Å². The van der Waals surface area contributed by atoms with E-state index in [4.69, 9.17) is 4.52 Å². The summed E-state index contributed by atoms with van der Waals surface area (Å²) in [5, 5.41) is 5.17. The van der Waals surface area contributed by atoms with E-state index in [2.05, 4.69) is 35.6 Å². The average Bonchev–Trinajstić information content (AvgIpc) is 3.45. The molecule has 4 heterocycles. The van der Waals surface area contributed by atoms with Crippen molar-refractivity contribution in [3.63, 3.8) is 0 Å². The van der Waals surface area contributed by atoms with Gasteiger partial charge in [-0.05, 0) is 58.0 Å². The number of nitrogens with zero attached hydrogens (tertiary/aromatic N) is 6. The zero-order chi connectivity index (χ0) is 19.8. The minimum absolute atomic E-state index is 0.523. The molecule has 1 saturated heterocycles. The summed E-state index contributed by atoms with van der Waals surface area (Å²) in [4.78, 5) is 17.1. The lowest BCUT2D eigenvalue weighted by Crippen LogP contribution is -2.32. The SMILES string of the molecule is Cc1nc(C)c(-c2nc(-c3ccc4c(c3)ncn4CCN3CCCCC3)no2)s1. The zero-order valence-corrected chi connectivity index (χ0v) is 17.6. The van der Waals surface area contributed by atoms with E-state index in [0.717, 1.165) is 45.3 Å². The fourth-order valence-corrected chi connectivity index (χ4v) is 4.82. The van der Waals surface area contributed by atoms with E-state index in [-0.39, 0.29) is 0 Å². The lowest BCUT2D eigenvalue weighted by Gasteiger charge is -2.26. The Bertz CT molecular complexity index is 1140. The standard InChI is InChI=1S/C21H24N6OS/c1-14-19(29-15(2)23-14)21-24-20(25-28-21)16-6-7-18-17(12-16)22-13-27(18)11-10-26-8-4-3-5-9-26/h6-7,12-13H,3-5,8-11H2,1-2H3. The van der Waals surface area contributed by atoms with Gasteiger partial charge >= 0.3 is 0 Å². The van der Waals surface area contributed by atoms with Crippen molar-refractivity contribution in [3.05, 3.63) is 35.2 Å². The molecule has 1 aliphatic heterocycles. The predicted octanol–water partition coefficient (Wildman–Crippen LogP) is 4.31. The highest BCUT2D eigenvalue weighted by Crippen LogP contribution is 2.30. The van der Waals surface area contributed by atoms with Crippen LogP contribution in [0.4, 0.5) is 0 Å². The summed E-state index contributed by atoms with van der Waals surface area (Å²) in [6, 6.07) is 6.18. The molecule has 0 aliphatic carbocycles. The fraction of sp³-hybridized carbons (Fsp3) is 0.429. The number of hydrogen-bond donors (Lipinski definition) is 0. The number of piperidine rings is 1. The van der Waals surface area contributed by atoms with Gasteiger partial charge in [-0.2, -0.15) is 4.98 Å². The Hall–Kier alpha value is -2.58. The molecule has 0 unspecified atom stereocenters. The van der Waals surface area contributed by atoms with Gasteiger partial charge in [-0.15, -0.1) is 11.3 Å². The smallest absolute Gasteiger partial charge is 0.270 e. The molecule has 1 aromatic carbocycles. The first-order valence-electron chi connectivity index (χ1n) is 10.1. The van der Waals surface area contributed by atoms with E-state index < -0.39 is 0 Å². The summed E-state index contributed by atoms with van der Waals surface area (Å²) in [5.74, 6) is 1.10. The van der Waals surface area contributed by atoms with Gasteiger partial charge in [-0.3, -0.25) is 0 Å². The van der Waals surface area contributed by atoms with Gasteiger partial charge in [0.05, 0.1) is 28.1 Å². The van der Waals surface area contributed by atoms with Gasteiger partial charge in [0.15, 0.2) is 0 Å². The summed E-state index contributed by atoms with van der Waals surface area (Å²) in [7, 11) is 0. The number of fused-ring (bicyclic) bond motifs is 1. The van der Waals surface area contributed by atoms with Crippen molar-refractivity contribution in [3.8, 4) is 22.2 Å². The Kier molecular flexibility index (Phi) is 4.89. The molecule has 8 heteroatoms. The summed E-state index contributed by atoms with van der Waals surface area (Å²) < 4.78 is 7.74. The number of rotatable bonds is 5. The molecule has 3 aromatic heterocycles. The van der Waals surface area contributed by atoms with Gasteiger partial charge in [-0.1, -0.05) is 11.6 Å². The molecule has 4 aromatic rings. The van der Waals surface area contributed by atoms with E-state index in [1.165, 1.54) is 32.4 Å². The van der Waals surface area contributed by atoms with Crippen LogP contribution in [0.1, 0.15) is 30.0 Å². The molecule has 0 bridgehead atoms. The van der Waals surface area contributed by atoms with Crippen LogP contribution in [-0.2, 0) is 6.54 Å². The molecular weight excluding hydrogens is 384 g/mol. The molecule has 7 nitrogen and oxygen atoms in total. The third kappa shape index (κ3) is 3.70. The Balaban J connectivity index is 1.36. The van der Waals surface area contributed by atoms with Crippen molar-refractivity contribution in [2.75, 3.05) is 19.6 Å². The van der Waals surface area contributed by atoms with E-state index in [1.807, 2.05) is 32.3 Å². The van der Waals surface area contributed by atoms with Crippen molar-refractivity contribution >= 4 is 22.4 Å². The topological polar surface area (TPSA) is 72.9 Å². The Labute approximate surface area is 173 Å².